The lowest BCUT2D eigenvalue weighted by Crippen LogP contribution is -2.33. The minimum Gasteiger partial charge on any atom is -0.214 e. The van der Waals surface area contributed by atoms with Crippen LogP contribution in [0.5, 0.6) is 0 Å². The van der Waals surface area contributed by atoms with E-state index in [0.717, 1.165) is 19.3 Å². The Bertz CT molecular complexity index is 317. The van der Waals surface area contributed by atoms with Crippen molar-refractivity contribution in [2.45, 2.75) is 51.7 Å². The van der Waals surface area contributed by atoms with Crippen molar-refractivity contribution in [2.24, 2.45) is 5.92 Å². The quantitative estimate of drug-likeness (QED) is 0.666. The van der Waals surface area contributed by atoms with Crippen LogP contribution in [0.1, 0.15) is 46.5 Å². The van der Waals surface area contributed by atoms with Gasteiger partial charge in [-0.1, -0.05) is 33.6 Å². The summed E-state index contributed by atoms with van der Waals surface area (Å²) in [6.45, 7) is 6.43. The van der Waals surface area contributed by atoms with Crippen molar-refractivity contribution in [2.75, 3.05) is 6.54 Å². The number of rotatable bonds is 8. The van der Waals surface area contributed by atoms with Crippen LogP contribution < -0.4 is 4.72 Å². The fourth-order valence-electron chi connectivity index (χ4n) is 1.37. The van der Waals surface area contributed by atoms with Crippen LogP contribution in [-0.2, 0) is 10.0 Å². The van der Waals surface area contributed by atoms with E-state index in [1.54, 1.807) is 13.0 Å². The predicted octanol–water partition coefficient (Wildman–Crippen LogP) is 2.03. The molecule has 5 heteroatoms. The maximum absolute atomic E-state index is 11.6. The minimum atomic E-state index is -3.43. The molecule has 0 aromatic heterocycles. The lowest BCUT2D eigenvalue weighted by atomic mass is 10.1. The van der Waals surface area contributed by atoms with Gasteiger partial charge in [0.2, 0.25) is 10.0 Å². The van der Waals surface area contributed by atoms with Crippen molar-refractivity contribution >= 4 is 10.0 Å². The molecule has 0 amide bonds. The average Bonchev–Trinajstić information content (AvgIpc) is 2.17. The van der Waals surface area contributed by atoms with Crippen LogP contribution in [-0.4, -0.2) is 20.2 Å². The van der Waals surface area contributed by atoms with Crippen LogP contribution in [0.4, 0.5) is 0 Å². The molecule has 0 rings (SSSR count). The van der Waals surface area contributed by atoms with Crippen LogP contribution >= 0.6 is 0 Å². The van der Waals surface area contributed by atoms with Crippen LogP contribution in [0.15, 0.2) is 0 Å². The summed E-state index contributed by atoms with van der Waals surface area (Å²) >= 11 is 0. The van der Waals surface area contributed by atoms with Gasteiger partial charge < -0.3 is 0 Å². The molecule has 1 N–H and O–H groups in total. The van der Waals surface area contributed by atoms with Crippen molar-refractivity contribution in [3.63, 3.8) is 0 Å². The zero-order chi connectivity index (χ0) is 12.6. The highest BCUT2D eigenvalue weighted by Crippen LogP contribution is 2.06. The van der Waals surface area contributed by atoms with E-state index in [1.165, 1.54) is 0 Å². The first-order valence-electron chi connectivity index (χ1n) is 5.82. The molecule has 0 aliphatic rings. The van der Waals surface area contributed by atoms with Crippen molar-refractivity contribution in [1.29, 1.82) is 5.26 Å². The van der Waals surface area contributed by atoms with Gasteiger partial charge in [-0.15, -0.1) is 0 Å². The van der Waals surface area contributed by atoms with Crippen molar-refractivity contribution in [3.8, 4) is 6.07 Å². The summed E-state index contributed by atoms with van der Waals surface area (Å²) in [6.07, 6.45) is 3.29. The molecule has 4 nitrogen and oxygen atoms in total. The third-order valence-electron chi connectivity index (χ3n) is 2.40. The number of nitrogens with one attached hydrogen (secondary N) is 1. The summed E-state index contributed by atoms with van der Waals surface area (Å²) in [5.41, 5.74) is 0. The second-order valence-electron chi connectivity index (χ2n) is 4.35. The molecule has 0 aromatic carbocycles. The van der Waals surface area contributed by atoms with E-state index in [0.29, 0.717) is 18.9 Å². The number of unbranched alkanes of at least 4 members (excludes halogenated alkanes) is 1. The second-order valence-corrected chi connectivity index (χ2v) is 6.30. The Balaban J connectivity index is 3.89. The van der Waals surface area contributed by atoms with E-state index in [2.05, 4.69) is 18.6 Å². The summed E-state index contributed by atoms with van der Waals surface area (Å²) in [6, 6.07) is 1.80. The average molecular weight is 246 g/mol. The van der Waals surface area contributed by atoms with Gasteiger partial charge in [0.25, 0.3) is 0 Å². The third-order valence-corrected chi connectivity index (χ3v) is 4.20. The lowest BCUT2D eigenvalue weighted by molar-refractivity contribution is 0.529. The van der Waals surface area contributed by atoms with E-state index in [9.17, 15) is 8.42 Å². The largest absolute Gasteiger partial charge is 0.227 e. The van der Waals surface area contributed by atoms with Crippen molar-refractivity contribution in [3.05, 3.63) is 0 Å². The SMILES string of the molecule is CCC(C#N)S(=O)(=O)NCCCCC(C)C. The van der Waals surface area contributed by atoms with Crippen LogP contribution in [0, 0.1) is 17.2 Å². The summed E-state index contributed by atoms with van der Waals surface area (Å²) in [5.74, 6) is 0.652. The second kappa shape index (κ2) is 7.64. The Hall–Kier alpha value is -0.600. The smallest absolute Gasteiger partial charge is 0.214 e. The van der Waals surface area contributed by atoms with Gasteiger partial charge in [0.1, 0.15) is 0 Å². The van der Waals surface area contributed by atoms with Gasteiger partial charge in [0.15, 0.2) is 5.25 Å². The highest BCUT2D eigenvalue weighted by Gasteiger charge is 2.22. The van der Waals surface area contributed by atoms with Gasteiger partial charge in [-0.05, 0) is 18.8 Å². The highest BCUT2D eigenvalue weighted by atomic mass is 32.2. The molecule has 0 fully saturated rings. The Morgan fingerprint density at radius 1 is 1.31 bits per heavy atom. The monoisotopic (exact) mass is 246 g/mol. The normalized spacial score (nSPS) is 13.7. The molecule has 0 aromatic rings. The summed E-state index contributed by atoms with van der Waals surface area (Å²) in [5, 5.41) is 7.75. The number of sulfonamides is 1. The molecule has 0 saturated carbocycles. The molecule has 0 saturated heterocycles. The van der Waals surface area contributed by atoms with Gasteiger partial charge in [-0.2, -0.15) is 5.26 Å². The zero-order valence-electron chi connectivity index (χ0n) is 10.4. The van der Waals surface area contributed by atoms with Crippen LogP contribution in [0.2, 0.25) is 0 Å². The van der Waals surface area contributed by atoms with Gasteiger partial charge >= 0.3 is 0 Å². The Morgan fingerprint density at radius 3 is 2.38 bits per heavy atom. The number of hydrogen-bond acceptors (Lipinski definition) is 3. The van der Waals surface area contributed by atoms with E-state index in [4.69, 9.17) is 5.26 Å². The first-order chi connectivity index (χ1) is 7.44. The van der Waals surface area contributed by atoms with E-state index in [1.807, 2.05) is 0 Å². The van der Waals surface area contributed by atoms with Gasteiger partial charge in [-0.3, -0.25) is 0 Å². The molecule has 0 aliphatic heterocycles. The first kappa shape index (κ1) is 15.4. The van der Waals surface area contributed by atoms with E-state index in [-0.39, 0.29) is 0 Å². The highest BCUT2D eigenvalue weighted by molar-refractivity contribution is 7.90. The maximum atomic E-state index is 11.6. The van der Waals surface area contributed by atoms with E-state index >= 15 is 0 Å². The van der Waals surface area contributed by atoms with Crippen molar-refractivity contribution in [1.82, 2.24) is 4.72 Å². The molecular weight excluding hydrogens is 224 g/mol. The lowest BCUT2D eigenvalue weighted by Gasteiger charge is -2.10. The molecule has 16 heavy (non-hydrogen) atoms. The molecule has 0 bridgehead atoms. The topological polar surface area (TPSA) is 70.0 Å². The molecule has 0 aliphatic carbocycles. The Kier molecular flexibility index (Phi) is 7.35. The molecule has 1 unspecified atom stereocenters. The van der Waals surface area contributed by atoms with Crippen molar-refractivity contribution < 1.29 is 8.42 Å². The maximum Gasteiger partial charge on any atom is 0.227 e. The van der Waals surface area contributed by atoms with Crippen LogP contribution in [0.25, 0.3) is 0 Å². The number of nitriles is 1. The molecular formula is C11H22N2O2S. The van der Waals surface area contributed by atoms with Gasteiger partial charge in [0, 0.05) is 6.54 Å². The summed E-state index contributed by atoms with van der Waals surface area (Å²) < 4.78 is 25.6. The first-order valence-corrected chi connectivity index (χ1v) is 7.36. The number of nitrogens with zero attached hydrogens (tertiary/aromatic N) is 1. The van der Waals surface area contributed by atoms with Crippen LogP contribution in [0.3, 0.4) is 0 Å². The number of hydrogen-bond donors (Lipinski definition) is 1. The Morgan fingerprint density at radius 2 is 1.94 bits per heavy atom. The van der Waals surface area contributed by atoms with E-state index < -0.39 is 15.3 Å². The molecule has 0 heterocycles. The van der Waals surface area contributed by atoms with Gasteiger partial charge in [-0.25, -0.2) is 13.1 Å². The third kappa shape index (κ3) is 6.09. The molecule has 0 spiro atoms. The van der Waals surface area contributed by atoms with Gasteiger partial charge in [0.05, 0.1) is 6.07 Å². The fraction of sp³-hybridized carbons (Fsp3) is 0.909. The fourth-order valence-corrected chi connectivity index (χ4v) is 2.58. The standard InChI is InChI=1S/C11H22N2O2S/c1-4-11(9-12)16(14,15)13-8-6-5-7-10(2)3/h10-11,13H,4-8H2,1-3H3. The zero-order valence-corrected chi connectivity index (χ0v) is 11.2. The summed E-state index contributed by atoms with van der Waals surface area (Å²) in [7, 11) is -3.43. The predicted molar refractivity (Wildman–Crippen MR) is 65.3 cm³/mol. The molecule has 0 radical (unpaired) electrons. The molecule has 94 valence electrons. The minimum absolute atomic E-state index is 0.331. The molecule has 1 atom stereocenters. The Labute approximate surface area is 99.1 Å². The summed E-state index contributed by atoms with van der Waals surface area (Å²) in [4.78, 5) is 0.